The second-order valence-electron chi connectivity index (χ2n) is 8.19. The fourth-order valence-corrected chi connectivity index (χ4v) is 4.26. The van der Waals surface area contributed by atoms with Crippen molar-refractivity contribution >= 4 is 33.9 Å². The van der Waals surface area contributed by atoms with Gasteiger partial charge in [0, 0.05) is 40.6 Å². The van der Waals surface area contributed by atoms with Crippen molar-refractivity contribution in [3.8, 4) is 0 Å². The molecule has 0 radical (unpaired) electrons. The quantitative estimate of drug-likeness (QED) is 0.468. The molecule has 1 aromatic heterocycles. The molecular formula is C25H31ClN4. The van der Waals surface area contributed by atoms with Crippen molar-refractivity contribution in [1.82, 2.24) is 15.2 Å². The number of benzene rings is 2. The molecule has 30 heavy (non-hydrogen) atoms. The molecule has 4 rings (SSSR count). The highest BCUT2D eigenvalue weighted by atomic mass is 35.5. The summed E-state index contributed by atoms with van der Waals surface area (Å²) in [5.74, 6) is 0. The molecule has 2 N–H and O–H groups in total. The van der Waals surface area contributed by atoms with E-state index in [1.54, 1.807) is 0 Å². The maximum Gasteiger partial charge on any atom is 0.0737 e. The molecule has 2 heterocycles. The van der Waals surface area contributed by atoms with E-state index < -0.39 is 0 Å². The van der Waals surface area contributed by atoms with Gasteiger partial charge in [-0.05, 0) is 80.9 Å². The number of nitrogens with one attached hydrogen (secondary N) is 2. The Bertz CT molecular complexity index is 949. The van der Waals surface area contributed by atoms with Crippen LogP contribution >= 0.6 is 11.6 Å². The third kappa shape index (κ3) is 5.51. The van der Waals surface area contributed by atoms with Crippen molar-refractivity contribution in [1.29, 1.82) is 0 Å². The second kappa shape index (κ2) is 10.3. The van der Waals surface area contributed by atoms with Crippen LogP contribution in [0.5, 0.6) is 0 Å². The summed E-state index contributed by atoms with van der Waals surface area (Å²) < 4.78 is 0. The van der Waals surface area contributed by atoms with Crippen molar-refractivity contribution in [2.24, 2.45) is 0 Å². The van der Waals surface area contributed by atoms with E-state index in [4.69, 9.17) is 11.6 Å². The van der Waals surface area contributed by atoms with Crippen LogP contribution in [0.1, 0.15) is 38.2 Å². The molecule has 1 aliphatic rings. The standard InChI is InChI=1S/C25H31ClN4/c1-2-3-14-30-15-11-21(12-16-30)28-18-19-4-7-22(8-5-19)29-24-10-13-27-25-17-20(26)6-9-23(24)25/h4-10,13,17,21,28H,2-3,11-12,14-16,18H2,1H3,(H,27,29). The van der Waals surface area contributed by atoms with Gasteiger partial charge in [0.05, 0.1) is 5.52 Å². The Balaban J connectivity index is 1.30. The Kier molecular flexibility index (Phi) is 7.21. The Morgan fingerprint density at radius 1 is 1.07 bits per heavy atom. The smallest absolute Gasteiger partial charge is 0.0737 e. The first-order valence-corrected chi connectivity index (χ1v) is 11.4. The summed E-state index contributed by atoms with van der Waals surface area (Å²) in [7, 11) is 0. The van der Waals surface area contributed by atoms with Crippen LogP contribution in [-0.4, -0.2) is 35.6 Å². The molecule has 0 aliphatic carbocycles. The Morgan fingerprint density at radius 3 is 2.63 bits per heavy atom. The van der Waals surface area contributed by atoms with Gasteiger partial charge in [0.1, 0.15) is 0 Å². The molecular weight excluding hydrogens is 392 g/mol. The second-order valence-corrected chi connectivity index (χ2v) is 8.63. The highest BCUT2D eigenvalue weighted by Gasteiger charge is 2.18. The third-order valence-corrected chi connectivity index (χ3v) is 6.18. The van der Waals surface area contributed by atoms with Gasteiger partial charge in [0.15, 0.2) is 0 Å². The molecule has 3 aromatic rings. The Labute approximate surface area is 184 Å². The maximum absolute atomic E-state index is 6.09. The average Bonchev–Trinajstić information content (AvgIpc) is 2.78. The highest BCUT2D eigenvalue weighted by Crippen LogP contribution is 2.27. The molecule has 1 fully saturated rings. The molecule has 5 heteroatoms. The van der Waals surface area contributed by atoms with Gasteiger partial charge in [0.25, 0.3) is 0 Å². The first-order chi connectivity index (χ1) is 14.7. The lowest BCUT2D eigenvalue weighted by Gasteiger charge is -2.32. The number of piperidine rings is 1. The average molecular weight is 423 g/mol. The first kappa shape index (κ1) is 21.1. The number of unbranched alkanes of at least 4 members (excludes halogenated alkanes) is 1. The SMILES string of the molecule is CCCCN1CCC(NCc2ccc(Nc3ccnc4cc(Cl)ccc34)cc2)CC1. The first-order valence-electron chi connectivity index (χ1n) is 11.1. The summed E-state index contributed by atoms with van der Waals surface area (Å²) in [6, 6.07) is 17.1. The van der Waals surface area contributed by atoms with Gasteiger partial charge < -0.3 is 15.5 Å². The number of nitrogens with zero attached hydrogens (tertiary/aromatic N) is 2. The number of hydrogen-bond acceptors (Lipinski definition) is 4. The maximum atomic E-state index is 6.09. The lowest BCUT2D eigenvalue weighted by Crippen LogP contribution is -2.42. The van der Waals surface area contributed by atoms with Crippen LogP contribution in [0.25, 0.3) is 10.9 Å². The molecule has 158 valence electrons. The normalized spacial score (nSPS) is 15.5. The van der Waals surface area contributed by atoms with E-state index in [9.17, 15) is 0 Å². The van der Waals surface area contributed by atoms with Gasteiger partial charge in [-0.3, -0.25) is 4.98 Å². The number of likely N-dealkylation sites (tertiary alicyclic amines) is 1. The predicted molar refractivity (Wildman–Crippen MR) is 128 cm³/mol. The zero-order valence-electron chi connectivity index (χ0n) is 17.7. The third-order valence-electron chi connectivity index (χ3n) is 5.95. The van der Waals surface area contributed by atoms with E-state index in [-0.39, 0.29) is 0 Å². The van der Waals surface area contributed by atoms with E-state index in [2.05, 4.69) is 51.7 Å². The zero-order valence-corrected chi connectivity index (χ0v) is 18.5. The monoisotopic (exact) mass is 422 g/mol. The van der Waals surface area contributed by atoms with E-state index >= 15 is 0 Å². The lowest BCUT2D eigenvalue weighted by atomic mass is 10.0. The number of pyridine rings is 1. The van der Waals surface area contributed by atoms with Crippen LogP contribution < -0.4 is 10.6 Å². The summed E-state index contributed by atoms with van der Waals surface area (Å²) in [5.41, 5.74) is 4.33. The largest absolute Gasteiger partial charge is 0.355 e. The Morgan fingerprint density at radius 2 is 1.87 bits per heavy atom. The minimum Gasteiger partial charge on any atom is -0.355 e. The van der Waals surface area contributed by atoms with Gasteiger partial charge in [-0.15, -0.1) is 0 Å². The molecule has 2 aromatic carbocycles. The number of halogens is 1. The zero-order chi connectivity index (χ0) is 20.8. The minimum absolute atomic E-state index is 0.635. The molecule has 0 unspecified atom stereocenters. The van der Waals surface area contributed by atoms with Crippen LogP contribution in [-0.2, 0) is 6.54 Å². The summed E-state index contributed by atoms with van der Waals surface area (Å²) in [4.78, 5) is 7.02. The highest BCUT2D eigenvalue weighted by molar-refractivity contribution is 6.31. The van der Waals surface area contributed by atoms with Crippen LogP contribution in [0.4, 0.5) is 11.4 Å². The van der Waals surface area contributed by atoms with Crippen molar-refractivity contribution in [3.05, 3.63) is 65.3 Å². The molecule has 0 saturated carbocycles. The number of aromatic nitrogens is 1. The topological polar surface area (TPSA) is 40.2 Å². The number of hydrogen-bond donors (Lipinski definition) is 2. The predicted octanol–water partition coefficient (Wildman–Crippen LogP) is 5.99. The fraction of sp³-hybridized carbons (Fsp3) is 0.400. The van der Waals surface area contributed by atoms with Crippen LogP contribution in [0.15, 0.2) is 54.7 Å². The number of anilines is 2. The van der Waals surface area contributed by atoms with E-state index in [0.29, 0.717) is 11.1 Å². The van der Waals surface area contributed by atoms with Crippen molar-refractivity contribution in [2.45, 2.75) is 45.2 Å². The van der Waals surface area contributed by atoms with Crippen molar-refractivity contribution in [2.75, 3.05) is 25.0 Å². The molecule has 4 nitrogen and oxygen atoms in total. The van der Waals surface area contributed by atoms with Gasteiger partial charge in [0.2, 0.25) is 0 Å². The molecule has 1 saturated heterocycles. The van der Waals surface area contributed by atoms with E-state index in [0.717, 1.165) is 28.8 Å². The van der Waals surface area contributed by atoms with Crippen molar-refractivity contribution < 1.29 is 0 Å². The van der Waals surface area contributed by atoms with Gasteiger partial charge in [-0.25, -0.2) is 0 Å². The van der Waals surface area contributed by atoms with E-state index in [1.165, 1.54) is 50.9 Å². The van der Waals surface area contributed by atoms with Gasteiger partial charge in [-0.2, -0.15) is 0 Å². The van der Waals surface area contributed by atoms with Crippen LogP contribution in [0.2, 0.25) is 5.02 Å². The van der Waals surface area contributed by atoms with Crippen LogP contribution in [0, 0.1) is 0 Å². The summed E-state index contributed by atoms with van der Waals surface area (Å²) in [6.45, 7) is 6.91. The van der Waals surface area contributed by atoms with Crippen molar-refractivity contribution in [3.63, 3.8) is 0 Å². The van der Waals surface area contributed by atoms with E-state index in [1.807, 2.05) is 30.5 Å². The molecule has 0 bridgehead atoms. The fourth-order valence-electron chi connectivity index (χ4n) is 4.10. The number of rotatable bonds is 8. The summed E-state index contributed by atoms with van der Waals surface area (Å²) in [6.07, 6.45) is 6.92. The molecule has 0 amide bonds. The number of fused-ring (bicyclic) bond motifs is 1. The minimum atomic E-state index is 0.635. The van der Waals surface area contributed by atoms with Gasteiger partial charge >= 0.3 is 0 Å². The summed E-state index contributed by atoms with van der Waals surface area (Å²) in [5, 5.41) is 9.03. The lowest BCUT2D eigenvalue weighted by molar-refractivity contribution is 0.195. The van der Waals surface area contributed by atoms with Gasteiger partial charge in [-0.1, -0.05) is 37.1 Å². The Hall–Kier alpha value is -2.14. The molecule has 1 aliphatic heterocycles. The molecule has 0 spiro atoms. The molecule has 0 atom stereocenters. The summed E-state index contributed by atoms with van der Waals surface area (Å²) >= 11 is 6.09. The van der Waals surface area contributed by atoms with Crippen LogP contribution in [0.3, 0.4) is 0 Å².